The number of rotatable bonds is 7. The van der Waals surface area contributed by atoms with E-state index in [0.717, 1.165) is 0 Å². The highest BCUT2D eigenvalue weighted by Crippen LogP contribution is 3.10. The molecule has 0 amide bonds. The van der Waals surface area contributed by atoms with E-state index in [1.54, 1.807) is 14.0 Å². The van der Waals surface area contributed by atoms with Crippen LogP contribution < -0.4 is 0 Å². The Labute approximate surface area is 116 Å². The molecule has 6 saturated carbocycles. The molecule has 0 aliphatic heterocycles. The van der Waals surface area contributed by atoms with Crippen molar-refractivity contribution in [2.45, 2.75) is 13.3 Å². The largest absolute Gasteiger partial charge is 0.466 e. The van der Waals surface area contributed by atoms with Gasteiger partial charge in [-0.25, -0.2) is 9.78 Å². The number of ketones is 1. The lowest BCUT2D eigenvalue weighted by atomic mass is 9.58. The van der Waals surface area contributed by atoms with Gasteiger partial charge < -0.3 is 4.74 Å². The Morgan fingerprint density at radius 2 is 1.65 bits per heavy atom. The van der Waals surface area contributed by atoms with Gasteiger partial charge in [-0.3, -0.25) is 9.59 Å². The van der Waals surface area contributed by atoms with Crippen molar-refractivity contribution in [3.05, 3.63) is 0 Å². The summed E-state index contributed by atoms with van der Waals surface area (Å²) in [5.41, 5.74) is 0.240. The van der Waals surface area contributed by atoms with Crippen LogP contribution in [0.25, 0.3) is 0 Å². The fraction of sp³-hybridized carbons (Fsp3) is 0.867. The summed E-state index contributed by atoms with van der Waals surface area (Å²) in [7, 11) is 1.55. The fourth-order valence-corrected chi connectivity index (χ4v) is 6.29. The first kappa shape index (κ1) is 11.7. The summed E-state index contributed by atoms with van der Waals surface area (Å²) in [6.45, 7) is 2.81. The number of hydrogen-bond donors (Lipinski definition) is 0. The van der Waals surface area contributed by atoms with Gasteiger partial charge in [-0.2, -0.15) is 0 Å². The van der Waals surface area contributed by atoms with Gasteiger partial charge in [0.25, 0.3) is 0 Å². The lowest BCUT2D eigenvalue weighted by molar-refractivity contribution is -0.293. The lowest BCUT2D eigenvalue weighted by Gasteiger charge is -2.45. The zero-order valence-electron chi connectivity index (χ0n) is 11.6. The van der Waals surface area contributed by atoms with Crippen molar-refractivity contribution in [3.8, 4) is 0 Å². The number of carbonyl (C=O) groups excluding carboxylic acids is 2. The highest BCUT2D eigenvalue weighted by molar-refractivity contribution is 6.04. The van der Waals surface area contributed by atoms with E-state index in [9.17, 15) is 9.59 Å². The van der Waals surface area contributed by atoms with Crippen molar-refractivity contribution in [2.75, 3.05) is 20.3 Å². The second kappa shape index (κ2) is 3.12. The zero-order valence-corrected chi connectivity index (χ0v) is 11.6. The van der Waals surface area contributed by atoms with Crippen LogP contribution in [0.5, 0.6) is 0 Å². The highest BCUT2D eigenvalue weighted by atomic mass is 17.2. The molecule has 0 heterocycles. The van der Waals surface area contributed by atoms with E-state index in [-0.39, 0.29) is 23.6 Å². The number of Topliss-reactive ketones (excluding diaryl/α,β-unsaturated/α-hetero) is 1. The minimum absolute atomic E-state index is 0.0227. The van der Waals surface area contributed by atoms with Crippen LogP contribution in [0, 0.1) is 46.3 Å². The summed E-state index contributed by atoms with van der Waals surface area (Å²) in [5.74, 6) is 3.44. The quantitative estimate of drug-likeness (QED) is 0.299. The normalized spacial score (nSPS) is 57.3. The Hall–Kier alpha value is -0.940. The molecular formula is C15H18O5. The van der Waals surface area contributed by atoms with E-state index >= 15 is 0 Å². The van der Waals surface area contributed by atoms with Crippen LogP contribution in [0.4, 0.5) is 0 Å². The molecule has 5 nitrogen and oxygen atoms in total. The Morgan fingerprint density at radius 1 is 1.05 bits per heavy atom. The van der Waals surface area contributed by atoms with Gasteiger partial charge in [-0.1, -0.05) is 0 Å². The summed E-state index contributed by atoms with van der Waals surface area (Å²) < 4.78 is 4.91. The lowest BCUT2D eigenvalue weighted by Crippen LogP contribution is -2.49. The van der Waals surface area contributed by atoms with Crippen molar-refractivity contribution in [1.29, 1.82) is 0 Å². The maximum absolute atomic E-state index is 12.5. The van der Waals surface area contributed by atoms with Crippen LogP contribution in [-0.2, 0) is 24.1 Å². The van der Waals surface area contributed by atoms with Gasteiger partial charge in [0.2, 0.25) is 0 Å². The van der Waals surface area contributed by atoms with Crippen LogP contribution in [-0.4, -0.2) is 32.1 Å². The van der Waals surface area contributed by atoms with E-state index in [1.807, 2.05) is 0 Å². The van der Waals surface area contributed by atoms with Gasteiger partial charge in [0, 0.05) is 10.8 Å². The smallest absolute Gasteiger partial charge is 0.313 e. The van der Waals surface area contributed by atoms with Gasteiger partial charge in [0.05, 0.1) is 20.3 Å². The van der Waals surface area contributed by atoms with E-state index in [0.29, 0.717) is 54.1 Å². The summed E-state index contributed by atoms with van der Waals surface area (Å²) in [6.07, 6.45) is -0.0227. The Morgan fingerprint density at radius 3 is 2.25 bits per heavy atom. The maximum Gasteiger partial charge on any atom is 0.313 e. The Bertz CT molecular complexity index is 520. The fourth-order valence-electron chi connectivity index (χ4n) is 6.29. The predicted octanol–water partition coefficient (Wildman–Crippen LogP) is 0.825. The SMILES string of the molecule is CCOC(=O)CC(=O)C12C3C4C3C4(COOC)C3C1C32. The third-order valence-electron chi connectivity index (χ3n) is 6.86. The van der Waals surface area contributed by atoms with E-state index in [1.165, 1.54) is 0 Å². The predicted molar refractivity (Wildman–Crippen MR) is 65.0 cm³/mol. The topological polar surface area (TPSA) is 61.8 Å². The molecule has 108 valence electrons. The molecule has 0 N–H and O–H groups in total. The second-order valence-corrected chi connectivity index (χ2v) is 7.03. The zero-order chi connectivity index (χ0) is 13.9. The highest BCUT2D eigenvalue weighted by Gasteiger charge is 3.10. The van der Waals surface area contributed by atoms with Gasteiger partial charge >= 0.3 is 5.97 Å². The Kier molecular flexibility index (Phi) is 1.82. The van der Waals surface area contributed by atoms with Crippen molar-refractivity contribution in [2.24, 2.45) is 46.3 Å². The monoisotopic (exact) mass is 278 g/mol. The Balaban J connectivity index is 1.29. The van der Waals surface area contributed by atoms with Gasteiger partial charge in [-0.05, 0) is 42.4 Å². The standard InChI is InChI=1S/C15H18O5/c1-3-19-7(17)4-6(16)15-11-8-9(11)14(8,5-20-18-2)10-12(15)13(10)15/h8-13H,3-5H2,1-2H3. The van der Waals surface area contributed by atoms with Crippen LogP contribution in [0.3, 0.4) is 0 Å². The summed E-state index contributed by atoms with van der Waals surface area (Å²) in [5, 5.41) is 0. The number of esters is 1. The summed E-state index contributed by atoms with van der Waals surface area (Å²) >= 11 is 0. The number of carbonyl (C=O) groups is 2. The molecule has 2 bridgehead atoms. The first-order valence-corrected chi connectivity index (χ1v) is 7.51. The third-order valence-corrected chi connectivity index (χ3v) is 6.86. The van der Waals surface area contributed by atoms with Crippen molar-refractivity contribution in [1.82, 2.24) is 0 Å². The molecule has 6 rings (SSSR count). The van der Waals surface area contributed by atoms with Crippen LogP contribution in [0.2, 0.25) is 0 Å². The molecule has 4 atom stereocenters. The molecule has 0 aromatic rings. The van der Waals surface area contributed by atoms with Crippen LogP contribution in [0.15, 0.2) is 0 Å². The number of ether oxygens (including phenoxy) is 1. The molecular weight excluding hydrogens is 260 g/mol. The van der Waals surface area contributed by atoms with E-state index in [4.69, 9.17) is 14.5 Å². The van der Waals surface area contributed by atoms with E-state index in [2.05, 4.69) is 0 Å². The minimum Gasteiger partial charge on any atom is -0.466 e. The van der Waals surface area contributed by atoms with Gasteiger partial charge in [0.15, 0.2) is 5.78 Å². The van der Waals surface area contributed by atoms with Crippen molar-refractivity contribution in [3.63, 3.8) is 0 Å². The number of hydrogen-bond acceptors (Lipinski definition) is 5. The molecule has 6 fully saturated rings. The van der Waals surface area contributed by atoms with Gasteiger partial charge in [0.1, 0.15) is 6.42 Å². The average Bonchev–Trinajstić information content (AvgIpc) is 3.22. The van der Waals surface area contributed by atoms with E-state index < -0.39 is 0 Å². The molecule has 6 aliphatic carbocycles. The molecule has 4 unspecified atom stereocenters. The molecule has 0 aromatic heterocycles. The molecule has 0 spiro atoms. The first-order chi connectivity index (χ1) is 9.67. The molecule has 0 saturated heterocycles. The molecule has 0 aromatic carbocycles. The average molecular weight is 278 g/mol. The summed E-state index contributed by atoms with van der Waals surface area (Å²) in [4.78, 5) is 33.9. The third kappa shape index (κ3) is 0.923. The second-order valence-electron chi connectivity index (χ2n) is 7.03. The summed E-state index contributed by atoms with van der Waals surface area (Å²) in [6, 6.07) is 0. The maximum atomic E-state index is 12.5. The van der Waals surface area contributed by atoms with Gasteiger partial charge in [-0.15, -0.1) is 0 Å². The van der Waals surface area contributed by atoms with Crippen LogP contribution >= 0.6 is 0 Å². The minimum atomic E-state index is -0.358. The van der Waals surface area contributed by atoms with Crippen molar-refractivity contribution >= 4 is 11.8 Å². The first-order valence-electron chi connectivity index (χ1n) is 7.51. The molecule has 5 heteroatoms. The van der Waals surface area contributed by atoms with Crippen molar-refractivity contribution < 1.29 is 24.1 Å². The molecule has 20 heavy (non-hydrogen) atoms. The van der Waals surface area contributed by atoms with Crippen LogP contribution in [0.1, 0.15) is 13.3 Å². The molecule has 6 aliphatic rings. The molecule has 0 radical (unpaired) electrons.